The molecule has 1 unspecified atom stereocenters. The van der Waals surface area contributed by atoms with Crippen LogP contribution in [0.25, 0.3) is 0 Å². The highest BCUT2D eigenvalue weighted by Crippen LogP contribution is 2.25. The lowest BCUT2D eigenvalue weighted by molar-refractivity contribution is -0.118. The molecule has 176 valence electrons. The molecule has 2 amide bonds. The number of ether oxygens (including phenoxy) is 1. The summed E-state index contributed by atoms with van der Waals surface area (Å²) in [6.07, 6.45) is 0. The summed E-state index contributed by atoms with van der Waals surface area (Å²) in [6.45, 7) is 6.04. The van der Waals surface area contributed by atoms with Gasteiger partial charge in [-0.25, -0.2) is 0 Å². The van der Waals surface area contributed by atoms with Crippen molar-refractivity contribution in [3.63, 3.8) is 0 Å². The second-order valence-corrected chi connectivity index (χ2v) is 8.63. The van der Waals surface area contributed by atoms with E-state index < -0.39 is 0 Å². The number of amides is 2. The standard InChI is InChI=1S/C25H33N5O3/c1-26-25(32)20-5-3-4-19(16-20)23-17-29(11-10-28(23)2)18-24(31)27-21-6-8-22(9-7-21)30-12-14-33-15-13-30/h3-9,16,23H,10-15,17-18H2,1-2H3,(H,26,32)(H,27,31). The van der Waals surface area contributed by atoms with Gasteiger partial charge in [-0.3, -0.25) is 19.4 Å². The largest absolute Gasteiger partial charge is 0.378 e. The molecule has 2 heterocycles. The van der Waals surface area contributed by atoms with E-state index in [0.29, 0.717) is 12.1 Å². The van der Waals surface area contributed by atoms with Crippen molar-refractivity contribution < 1.29 is 14.3 Å². The van der Waals surface area contributed by atoms with E-state index in [-0.39, 0.29) is 17.9 Å². The van der Waals surface area contributed by atoms with Gasteiger partial charge in [-0.1, -0.05) is 12.1 Å². The van der Waals surface area contributed by atoms with Gasteiger partial charge in [0.05, 0.1) is 19.8 Å². The third-order valence-corrected chi connectivity index (χ3v) is 6.39. The van der Waals surface area contributed by atoms with Gasteiger partial charge < -0.3 is 20.3 Å². The molecule has 2 aromatic rings. The van der Waals surface area contributed by atoms with Crippen LogP contribution in [0.3, 0.4) is 0 Å². The van der Waals surface area contributed by atoms with Crippen molar-refractivity contribution in [1.82, 2.24) is 15.1 Å². The topological polar surface area (TPSA) is 77.2 Å². The first-order valence-electron chi connectivity index (χ1n) is 11.5. The van der Waals surface area contributed by atoms with Gasteiger partial charge >= 0.3 is 0 Å². The number of nitrogens with one attached hydrogen (secondary N) is 2. The van der Waals surface area contributed by atoms with Crippen molar-refractivity contribution in [3.05, 3.63) is 59.7 Å². The average Bonchev–Trinajstić information content (AvgIpc) is 2.85. The van der Waals surface area contributed by atoms with E-state index >= 15 is 0 Å². The Labute approximate surface area is 195 Å². The van der Waals surface area contributed by atoms with Gasteiger partial charge in [0, 0.05) is 62.8 Å². The number of hydrogen-bond acceptors (Lipinski definition) is 6. The van der Waals surface area contributed by atoms with Crippen LogP contribution >= 0.6 is 0 Å². The Morgan fingerprint density at radius 1 is 1.03 bits per heavy atom. The predicted octanol–water partition coefficient (Wildman–Crippen LogP) is 1.81. The number of rotatable bonds is 6. The van der Waals surface area contributed by atoms with Crippen LogP contribution in [-0.4, -0.2) is 88.2 Å². The summed E-state index contributed by atoms with van der Waals surface area (Å²) in [5, 5.41) is 5.71. The molecule has 4 rings (SSSR count). The first-order valence-corrected chi connectivity index (χ1v) is 11.5. The second-order valence-electron chi connectivity index (χ2n) is 8.63. The monoisotopic (exact) mass is 451 g/mol. The molecular weight excluding hydrogens is 418 g/mol. The number of carbonyl (C=O) groups excluding carboxylic acids is 2. The van der Waals surface area contributed by atoms with Gasteiger partial charge in [0.25, 0.3) is 5.91 Å². The number of morpholine rings is 1. The Hall–Kier alpha value is -2.94. The van der Waals surface area contributed by atoms with Crippen molar-refractivity contribution in [1.29, 1.82) is 0 Å². The molecule has 2 aromatic carbocycles. The lowest BCUT2D eigenvalue weighted by Gasteiger charge is -2.39. The van der Waals surface area contributed by atoms with Crippen LogP contribution in [0.4, 0.5) is 11.4 Å². The molecule has 2 aliphatic heterocycles. The third kappa shape index (κ3) is 5.90. The average molecular weight is 452 g/mol. The number of nitrogens with zero attached hydrogens (tertiary/aromatic N) is 3. The maximum atomic E-state index is 12.7. The molecule has 33 heavy (non-hydrogen) atoms. The van der Waals surface area contributed by atoms with Gasteiger partial charge in [-0.05, 0) is 49.0 Å². The van der Waals surface area contributed by atoms with Crippen molar-refractivity contribution in [2.45, 2.75) is 6.04 Å². The quantitative estimate of drug-likeness (QED) is 0.698. The molecule has 2 saturated heterocycles. The molecule has 2 N–H and O–H groups in total. The molecule has 8 heteroatoms. The number of benzene rings is 2. The zero-order chi connectivity index (χ0) is 23.2. The SMILES string of the molecule is CNC(=O)c1cccc(C2CN(CC(=O)Nc3ccc(N4CCOCC4)cc3)CCN2C)c1. The van der Waals surface area contributed by atoms with E-state index in [2.05, 4.69) is 32.4 Å². The molecule has 0 aliphatic carbocycles. The van der Waals surface area contributed by atoms with Crippen molar-refractivity contribution in [2.24, 2.45) is 0 Å². The van der Waals surface area contributed by atoms with Crippen LogP contribution in [0.2, 0.25) is 0 Å². The number of likely N-dealkylation sites (N-methyl/N-ethyl adjacent to an activating group) is 1. The molecular formula is C25H33N5O3. The molecule has 1 atom stereocenters. The maximum absolute atomic E-state index is 12.7. The van der Waals surface area contributed by atoms with E-state index in [0.717, 1.165) is 62.9 Å². The molecule has 0 saturated carbocycles. The summed E-state index contributed by atoms with van der Waals surface area (Å²) in [4.78, 5) is 31.5. The van der Waals surface area contributed by atoms with E-state index in [1.807, 2.05) is 48.5 Å². The Bertz CT molecular complexity index is 959. The lowest BCUT2D eigenvalue weighted by atomic mass is 10.00. The summed E-state index contributed by atoms with van der Waals surface area (Å²) in [6, 6.07) is 15.9. The molecule has 0 bridgehead atoms. The van der Waals surface area contributed by atoms with Crippen molar-refractivity contribution in [2.75, 3.05) is 76.8 Å². The minimum Gasteiger partial charge on any atom is -0.378 e. The number of carbonyl (C=O) groups is 2. The van der Waals surface area contributed by atoms with Crippen LogP contribution in [0, 0.1) is 0 Å². The third-order valence-electron chi connectivity index (χ3n) is 6.39. The van der Waals surface area contributed by atoms with E-state index in [4.69, 9.17) is 4.74 Å². The Kier molecular flexibility index (Phi) is 7.59. The van der Waals surface area contributed by atoms with Crippen molar-refractivity contribution >= 4 is 23.2 Å². The first kappa shape index (κ1) is 23.2. The molecule has 0 radical (unpaired) electrons. The van der Waals surface area contributed by atoms with Crippen LogP contribution in [0.5, 0.6) is 0 Å². The fourth-order valence-electron chi connectivity index (χ4n) is 4.45. The smallest absolute Gasteiger partial charge is 0.251 e. The van der Waals surface area contributed by atoms with Crippen LogP contribution < -0.4 is 15.5 Å². The van der Waals surface area contributed by atoms with Gasteiger partial charge in [-0.2, -0.15) is 0 Å². The maximum Gasteiger partial charge on any atom is 0.251 e. The zero-order valence-electron chi connectivity index (χ0n) is 19.4. The van der Waals surface area contributed by atoms with Gasteiger partial charge in [0.15, 0.2) is 0 Å². The van der Waals surface area contributed by atoms with Gasteiger partial charge in [0.1, 0.15) is 0 Å². The highest BCUT2D eigenvalue weighted by molar-refractivity contribution is 5.94. The second kappa shape index (κ2) is 10.8. The lowest BCUT2D eigenvalue weighted by Crippen LogP contribution is -2.48. The summed E-state index contributed by atoms with van der Waals surface area (Å²) < 4.78 is 5.41. The fourth-order valence-corrected chi connectivity index (χ4v) is 4.45. The minimum absolute atomic E-state index is 0.0171. The number of piperazine rings is 1. The minimum atomic E-state index is -0.0915. The summed E-state index contributed by atoms with van der Waals surface area (Å²) in [5.74, 6) is -0.109. The van der Waals surface area contributed by atoms with Gasteiger partial charge in [0.2, 0.25) is 5.91 Å². The first-order chi connectivity index (χ1) is 16.0. The Morgan fingerprint density at radius 3 is 2.52 bits per heavy atom. The number of hydrogen-bond donors (Lipinski definition) is 2. The molecule has 2 fully saturated rings. The van der Waals surface area contributed by atoms with Crippen LogP contribution in [0.15, 0.2) is 48.5 Å². The van der Waals surface area contributed by atoms with E-state index in [1.54, 1.807) is 7.05 Å². The normalized spacial score (nSPS) is 19.8. The van der Waals surface area contributed by atoms with E-state index in [9.17, 15) is 9.59 Å². The van der Waals surface area contributed by atoms with Crippen LogP contribution in [0.1, 0.15) is 22.0 Å². The van der Waals surface area contributed by atoms with Gasteiger partial charge in [-0.15, -0.1) is 0 Å². The fraction of sp³-hybridized carbons (Fsp3) is 0.440. The predicted molar refractivity (Wildman–Crippen MR) is 130 cm³/mol. The highest BCUT2D eigenvalue weighted by Gasteiger charge is 2.27. The van der Waals surface area contributed by atoms with Crippen LogP contribution in [-0.2, 0) is 9.53 Å². The molecule has 0 spiro atoms. The summed E-state index contributed by atoms with van der Waals surface area (Å²) in [7, 11) is 3.73. The molecule has 8 nitrogen and oxygen atoms in total. The van der Waals surface area contributed by atoms with E-state index in [1.165, 1.54) is 0 Å². The zero-order valence-corrected chi connectivity index (χ0v) is 19.4. The summed E-state index contributed by atoms with van der Waals surface area (Å²) in [5.41, 5.74) is 3.69. The molecule has 2 aliphatic rings. The van der Waals surface area contributed by atoms with Crippen molar-refractivity contribution in [3.8, 4) is 0 Å². The highest BCUT2D eigenvalue weighted by atomic mass is 16.5. The summed E-state index contributed by atoms with van der Waals surface area (Å²) >= 11 is 0. The Morgan fingerprint density at radius 2 is 1.79 bits per heavy atom. The Balaban J connectivity index is 1.34. The number of anilines is 2. The molecule has 0 aromatic heterocycles.